The smallest absolute Gasteiger partial charge is 0.327 e. The minimum atomic E-state index is -0.880. The van der Waals surface area contributed by atoms with Crippen molar-refractivity contribution < 1.29 is 19.0 Å². The summed E-state index contributed by atoms with van der Waals surface area (Å²) >= 11 is 0. The van der Waals surface area contributed by atoms with E-state index in [4.69, 9.17) is 15.2 Å². The van der Waals surface area contributed by atoms with Crippen LogP contribution in [0.2, 0.25) is 0 Å². The van der Waals surface area contributed by atoms with Crippen molar-refractivity contribution in [1.29, 1.82) is 0 Å². The molecule has 0 saturated carbocycles. The highest BCUT2D eigenvalue weighted by Crippen LogP contribution is 2.28. The van der Waals surface area contributed by atoms with Gasteiger partial charge >= 0.3 is 5.97 Å². The largest absolute Gasteiger partial charge is 0.497 e. The van der Waals surface area contributed by atoms with Crippen molar-refractivity contribution in [2.24, 2.45) is 5.73 Å². The van der Waals surface area contributed by atoms with Crippen molar-refractivity contribution >= 4 is 18.4 Å². The molecule has 0 amide bonds. The Kier molecular flexibility index (Phi) is 6.38. The van der Waals surface area contributed by atoms with Gasteiger partial charge in [0, 0.05) is 5.56 Å². The lowest BCUT2D eigenvalue weighted by Gasteiger charge is -2.14. The minimum Gasteiger partial charge on any atom is -0.497 e. The molecule has 1 rings (SSSR count). The van der Waals surface area contributed by atoms with Crippen LogP contribution in [0.1, 0.15) is 11.6 Å². The van der Waals surface area contributed by atoms with E-state index in [9.17, 15) is 4.79 Å². The molecule has 0 aromatic heterocycles. The summed E-state index contributed by atoms with van der Waals surface area (Å²) in [4.78, 5) is 11.3. The molecule has 0 aliphatic carbocycles. The molecule has 5 nitrogen and oxygen atoms in total. The molecule has 0 saturated heterocycles. The number of ether oxygens (including phenoxy) is 3. The number of esters is 1. The summed E-state index contributed by atoms with van der Waals surface area (Å²) < 4.78 is 14.8. The maximum Gasteiger partial charge on any atom is 0.327 e. The minimum absolute atomic E-state index is 0. The van der Waals surface area contributed by atoms with E-state index in [1.807, 2.05) is 0 Å². The first kappa shape index (κ1) is 15.5. The number of carbonyl (C=O) groups is 1. The van der Waals surface area contributed by atoms with Crippen molar-refractivity contribution in [3.8, 4) is 11.5 Å². The summed E-state index contributed by atoms with van der Waals surface area (Å²) in [5.74, 6) is 0.611. The van der Waals surface area contributed by atoms with Gasteiger partial charge in [-0.3, -0.25) is 4.79 Å². The van der Waals surface area contributed by atoms with Crippen LogP contribution in [-0.2, 0) is 9.53 Å². The zero-order valence-electron chi connectivity index (χ0n) is 9.93. The van der Waals surface area contributed by atoms with E-state index in [0.717, 1.165) is 0 Å². The highest BCUT2D eigenvalue weighted by Gasteiger charge is 2.20. The molecule has 96 valence electrons. The first-order chi connectivity index (χ1) is 7.63. The molecule has 17 heavy (non-hydrogen) atoms. The lowest BCUT2D eigenvalue weighted by molar-refractivity contribution is -0.142. The fraction of sp³-hybridized carbons (Fsp3) is 0.364. The molecule has 0 unspecified atom stereocenters. The molecule has 6 heteroatoms. The Hall–Kier alpha value is -1.46. The predicted molar refractivity (Wildman–Crippen MR) is 65.7 cm³/mol. The number of rotatable bonds is 4. The number of hydrogen-bond donors (Lipinski definition) is 1. The van der Waals surface area contributed by atoms with E-state index in [1.165, 1.54) is 21.3 Å². The van der Waals surface area contributed by atoms with Crippen molar-refractivity contribution in [3.63, 3.8) is 0 Å². The normalized spacial score (nSPS) is 11.1. The van der Waals surface area contributed by atoms with Gasteiger partial charge in [-0.15, -0.1) is 12.4 Å². The zero-order valence-corrected chi connectivity index (χ0v) is 10.7. The summed E-state index contributed by atoms with van der Waals surface area (Å²) in [6.45, 7) is 0. The molecular weight excluding hydrogens is 246 g/mol. The van der Waals surface area contributed by atoms with E-state index in [2.05, 4.69) is 4.74 Å². The third-order valence-corrected chi connectivity index (χ3v) is 2.23. The van der Waals surface area contributed by atoms with Crippen LogP contribution in [-0.4, -0.2) is 27.3 Å². The highest BCUT2D eigenvalue weighted by atomic mass is 35.5. The van der Waals surface area contributed by atoms with Gasteiger partial charge in [-0.1, -0.05) is 0 Å². The van der Waals surface area contributed by atoms with Crippen LogP contribution in [0, 0.1) is 0 Å². The number of nitrogens with two attached hydrogens (primary N) is 1. The number of methoxy groups -OCH3 is 3. The Morgan fingerprint density at radius 3 is 2.35 bits per heavy atom. The Labute approximate surface area is 106 Å². The van der Waals surface area contributed by atoms with Crippen molar-refractivity contribution in [2.45, 2.75) is 6.04 Å². The van der Waals surface area contributed by atoms with Gasteiger partial charge in [0.25, 0.3) is 0 Å². The second-order valence-electron chi connectivity index (χ2n) is 3.11. The van der Waals surface area contributed by atoms with Crippen LogP contribution in [0.25, 0.3) is 0 Å². The van der Waals surface area contributed by atoms with Crippen LogP contribution in [0.3, 0.4) is 0 Å². The van der Waals surface area contributed by atoms with Gasteiger partial charge in [-0.05, 0) is 18.2 Å². The molecule has 2 N–H and O–H groups in total. The summed E-state index contributed by atoms with van der Waals surface area (Å²) in [5, 5.41) is 0. The van der Waals surface area contributed by atoms with Crippen LogP contribution in [0.4, 0.5) is 0 Å². The molecule has 1 atom stereocenters. The second kappa shape index (κ2) is 6.98. The molecule has 1 aromatic rings. The van der Waals surface area contributed by atoms with Gasteiger partial charge in [0.15, 0.2) is 0 Å². The number of hydrogen-bond acceptors (Lipinski definition) is 5. The summed E-state index contributed by atoms with van der Waals surface area (Å²) in [6, 6.07) is 4.19. The van der Waals surface area contributed by atoms with Crippen molar-refractivity contribution in [3.05, 3.63) is 23.8 Å². The van der Waals surface area contributed by atoms with Gasteiger partial charge in [0.2, 0.25) is 0 Å². The first-order valence-corrected chi connectivity index (χ1v) is 4.69. The topological polar surface area (TPSA) is 70.8 Å². The molecule has 0 spiro atoms. The monoisotopic (exact) mass is 261 g/mol. The maximum absolute atomic E-state index is 11.3. The third kappa shape index (κ3) is 3.51. The molecule has 0 fully saturated rings. The van der Waals surface area contributed by atoms with Crippen LogP contribution in [0.15, 0.2) is 18.2 Å². The Bertz CT molecular complexity index is 384. The van der Waals surface area contributed by atoms with Crippen LogP contribution >= 0.6 is 12.4 Å². The molecular formula is C11H16ClNO4. The maximum atomic E-state index is 11.3. The fourth-order valence-corrected chi connectivity index (χ4v) is 1.34. The molecule has 0 radical (unpaired) electrons. The number of halogens is 1. The lowest BCUT2D eigenvalue weighted by Crippen LogP contribution is -2.23. The second-order valence-corrected chi connectivity index (χ2v) is 3.11. The molecule has 1 aromatic carbocycles. The van der Waals surface area contributed by atoms with Gasteiger partial charge in [0.1, 0.15) is 17.5 Å². The highest BCUT2D eigenvalue weighted by molar-refractivity contribution is 5.85. The predicted octanol–water partition coefficient (Wildman–Crippen LogP) is 1.30. The Morgan fingerprint density at radius 1 is 1.24 bits per heavy atom. The van der Waals surface area contributed by atoms with Crippen molar-refractivity contribution in [1.82, 2.24) is 0 Å². The number of carbonyl (C=O) groups excluding carboxylic acids is 1. The third-order valence-electron chi connectivity index (χ3n) is 2.23. The van der Waals surface area contributed by atoms with E-state index in [-0.39, 0.29) is 12.4 Å². The average molecular weight is 262 g/mol. The van der Waals surface area contributed by atoms with Crippen LogP contribution in [0.5, 0.6) is 11.5 Å². The first-order valence-electron chi connectivity index (χ1n) is 4.69. The quantitative estimate of drug-likeness (QED) is 0.827. The SMILES string of the molecule is COC(=O)[C@@H](N)c1cc(OC)ccc1OC.Cl. The fourth-order valence-electron chi connectivity index (χ4n) is 1.34. The van der Waals surface area contributed by atoms with Gasteiger partial charge in [0.05, 0.1) is 21.3 Å². The molecule has 0 heterocycles. The van der Waals surface area contributed by atoms with E-state index >= 15 is 0 Å². The van der Waals surface area contributed by atoms with Crippen LogP contribution < -0.4 is 15.2 Å². The summed E-state index contributed by atoms with van der Waals surface area (Å²) in [5.41, 5.74) is 6.27. The molecule has 0 aliphatic rings. The lowest BCUT2D eigenvalue weighted by atomic mass is 10.1. The average Bonchev–Trinajstić information content (AvgIpc) is 2.35. The summed E-state index contributed by atoms with van der Waals surface area (Å²) in [6.07, 6.45) is 0. The Morgan fingerprint density at radius 2 is 1.88 bits per heavy atom. The van der Waals surface area contributed by atoms with E-state index < -0.39 is 12.0 Å². The van der Waals surface area contributed by atoms with E-state index in [0.29, 0.717) is 17.1 Å². The Balaban J connectivity index is 0.00000256. The van der Waals surface area contributed by atoms with Crippen molar-refractivity contribution in [2.75, 3.05) is 21.3 Å². The van der Waals surface area contributed by atoms with Gasteiger partial charge < -0.3 is 19.9 Å². The van der Waals surface area contributed by atoms with E-state index in [1.54, 1.807) is 18.2 Å². The zero-order chi connectivity index (χ0) is 12.1. The standard InChI is InChI=1S/C11H15NO4.ClH/c1-14-7-4-5-9(15-2)8(6-7)10(12)11(13)16-3;/h4-6,10H,12H2,1-3H3;1H/t10-;/m0./s1. The van der Waals surface area contributed by atoms with Gasteiger partial charge in [-0.2, -0.15) is 0 Å². The molecule has 0 aliphatic heterocycles. The summed E-state index contributed by atoms with van der Waals surface area (Å²) in [7, 11) is 4.33. The molecule has 0 bridgehead atoms. The number of benzene rings is 1. The van der Waals surface area contributed by atoms with Gasteiger partial charge in [-0.25, -0.2) is 0 Å².